The monoisotopic (exact) mass is 406 g/mol. The van der Waals surface area contributed by atoms with Gasteiger partial charge in [-0.2, -0.15) is 0 Å². The predicted octanol–water partition coefficient (Wildman–Crippen LogP) is 4.97. The Morgan fingerprint density at radius 2 is 1.06 bits per heavy atom. The maximum atomic E-state index is 6.10. The summed E-state index contributed by atoms with van der Waals surface area (Å²) in [5.74, 6) is 0. The second kappa shape index (κ2) is 7.33. The molecule has 0 aliphatic rings. The summed E-state index contributed by atoms with van der Waals surface area (Å²) in [5, 5.41) is 0. The molecule has 0 aromatic heterocycles. The van der Waals surface area contributed by atoms with Crippen LogP contribution in [0.3, 0.4) is 0 Å². The van der Waals surface area contributed by atoms with Crippen LogP contribution in [0.25, 0.3) is 0 Å². The smallest absolute Gasteiger partial charge is 0.329 e. The van der Waals surface area contributed by atoms with Crippen molar-refractivity contribution in [1.29, 1.82) is 0 Å². The molecule has 0 aromatic rings. The average Bonchev–Trinajstić information content (AvgIpc) is 2.15. The van der Waals surface area contributed by atoms with Gasteiger partial charge in [0.2, 0.25) is 16.6 Å². The lowest BCUT2D eigenvalue weighted by Gasteiger charge is -2.40. The van der Waals surface area contributed by atoms with E-state index < -0.39 is 34.1 Å². The van der Waals surface area contributed by atoms with Crippen LogP contribution in [-0.4, -0.2) is 39.6 Å². The first kappa shape index (κ1) is 20.0. The summed E-state index contributed by atoms with van der Waals surface area (Å²) in [6.07, 6.45) is 0. The third-order valence-corrected chi connectivity index (χ3v) is 20.3. The van der Waals surface area contributed by atoms with Crippen molar-refractivity contribution in [2.24, 2.45) is 0 Å². The number of alkyl halides is 5. The first-order valence-corrected chi connectivity index (χ1v) is 16.2. The molecular formula is C8H19Cl5O2Si3. The van der Waals surface area contributed by atoms with E-state index in [0.717, 1.165) is 0 Å². The maximum absolute atomic E-state index is 6.10. The van der Waals surface area contributed by atoms with Crippen molar-refractivity contribution >= 4 is 83.2 Å². The Morgan fingerprint density at radius 1 is 0.778 bits per heavy atom. The Bertz CT molecular complexity index is 253. The van der Waals surface area contributed by atoms with E-state index in [4.69, 9.17) is 66.2 Å². The van der Waals surface area contributed by atoms with Gasteiger partial charge >= 0.3 is 8.56 Å². The maximum Gasteiger partial charge on any atom is 0.329 e. The fourth-order valence-corrected chi connectivity index (χ4v) is 14.5. The zero-order valence-electron chi connectivity index (χ0n) is 11.1. The SMILES string of the molecule is C[Si](CCl)(O[Si](C)(C)C(Cl)Cl)O[Si](C)(C)C(Cl)Cl. The quantitative estimate of drug-likeness (QED) is 0.437. The van der Waals surface area contributed by atoms with Crippen LogP contribution >= 0.6 is 58.0 Å². The van der Waals surface area contributed by atoms with E-state index in [1.807, 2.05) is 32.7 Å². The van der Waals surface area contributed by atoms with Crippen LogP contribution in [0.2, 0.25) is 32.7 Å². The summed E-state index contributed by atoms with van der Waals surface area (Å²) in [7, 11) is -7.07. The molecule has 18 heavy (non-hydrogen) atoms. The van der Waals surface area contributed by atoms with Crippen LogP contribution < -0.4 is 0 Å². The molecule has 0 rings (SSSR count). The lowest BCUT2D eigenvalue weighted by molar-refractivity contribution is 0.390. The Balaban J connectivity index is 4.93. The molecule has 0 heterocycles. The minimum atomic E-state index is -2.57. The van der Waals surface area contributed by atoms with Crippen LogP contribution in [0.1, 0.15) is 0 Å². The van der Waals surface area contributed by atoms with Crippen LogP contribution in [0.15, 0.2) is 0 Å². The lowest BCUT2D eigenvalue weighted by atomic mass is 11.8. The average molecular weight is 409 g/mol. The van der Waals surface area contributed by atoms with E-state index in [-0.39, 0.29) is 0 Å². The minimum Gasteiger partial charge on any atom is -0.433 e. The normalized spacial score (nSPS) is 14.7. The summed E-state index contributed by atoms with van der Waals surface area (Å²) < 4.78 is 11.1. The van der Waals surface area contributed by atoms with Gasteiger partial charge in [-0.05, 0) is 32.7 Å². The van der Waals surface area contributed by atoms with Gasteiger partial charge in [-0.15, -0.1) is 58.0 Å². The van der Waals surface area contributed by atoms with Gasteiger partial charge in [0, 0.05) is 0 Å². The van der Waals surface area contributed by atoms with Crippen LogP contribution in [0, 0.1) is 0 Å². The zero-order chi connectivity index (χ0) is 14.8. The fraction of sp³-hybridized carbons (Fsp3) is 1.00. The highest BCUT2D eigenvalue weighted by atomic mass is 35.5. The predicted molar refractivity (Wildman–Crippen MR) is 90.5 cm³/mol. The third kappa shape index (κ3) is 6.20. The molecule has 0 unspecified atom stereocenters. The van der Waals surface area contributed by atoms with Crippen molar-refractivity contribution in [3.63, 3.8) is 0 Å². The highest BCUT2D eigenvalue weighted by molar-refractivity contribution is 6.98. The van der Waals surface area contributed by atoms with Gasteiger partial charge < -0.3 is 8.23 Å². The number of rotatable bonds is 7. The molecular weight excluding hydrogens is 390 g/mol. The Labute approximate surface area is 138 Å². The van der Waals surface area contributed by atoms with E-state index in [0.29, 0.717) is 5.50 Å². The molecule has 10 heteroatoms. The molecule has 0 bridgehead atoms. The van der Waals surface area contributed by atoms with E-state index >= 15 is 0 Å². The molecule has 0 saturated carbocycles. The lowest BCUT2D eigenvalue weighted by Crippen LogP contribution is -2.59. The minimum absolute atomic E-state index is 0.293. The van der Waals surface area contributed by atoms with E-state index in [9.17, 15) is 0 Å². The van der Waals surface area contributed by atoms with E-state index in [1.165, 1.54) is 0 Å². The van der Waals surface area contributed by atoms with Crippen molar-refractivity contribution in [3.05, 3.63) is 0 Å². The number of hydrogen-bond donors (Lipinski definition) is 0. The van der Waals surface area contributed by atoms with Crippen LogP contribution in [0.4, 0.5) is 0 Å². The molecule has 2 nitrogen and oxygen atoms in total. The summed E-state index contributed by atoms with van der Waals surface area (Å²) in [6, 6.07) is 0. The van der Waals surface area contributed by atoms with Gasteiger partial charge in [0.1, 0.15) is 8.92 Å². The molecule has 0 saturated heterocycles. The molecule has 110 valence electrons. The summed E-state index contributed by atoms with van der Waals surface area (Å²) in [6.45, 7) is 9.65. The highest BCUT2D eigenvalue weighted by Crippen LogP contribution is 2.30. The number of halogens is 5. The van der Waals surface area contributed by atoms with Gasteiger partial charge in [-0.25, -0.2) is 0 Å². The van der Waals surface area contributed by atoms with Gasteiger partial charge in [-0.3, -0.25) is 0 Å². The first-order chi connectivity index (χ1) is 7.86. The molecule has 0 aliphatic heterocycles. The molecule has 0 spiro atoms. The topological polar surface area (TPSA) is 18.5 Å². The van der Waals surface area contributed by atoms with Crippen LogP contribution in [0.5, 0.6) is 0 Å². The van der Waals surface area contributed by atoms with Crippen molar-refractivity contribution in [3.8, 4) is 0 Å². The van der Waals surface area contributed by atoms with Crippen LogP contribution in [-0.2, 0) is 8.23 Å². The Hall–Kier alpha value is 2.02. The van der Waals surface area contributed by atoms with Crippen molar-refractivity contribution in [1.82, 2.24) is 0 Å². The fourth-order valence-electron chi connectivity index (χ4n) is 1.28. The van der Waals surface area contributed by atoms with E-state index in [1.54, 1.807) is 0 Å². The summed E-state index contributed by atoms with van der Waals surface area (Å²) >= 11 is 29.8. The largest absolute Gasteiger partial charge is 0.433 e. The summed E-state index contributed by atoms with van der Waals surface area (Å²) in [5.41, 5.74) is 0.293. The molecule has 0 aromatic carbocycles. The molecule has 0 amide bonds. The zero-order valence-corrected chi connectivity index (χ0v) is 17.8. The van der Waals surface area contributed by atoms with Gasteiger partial charge in [-0.1, -0.05) is 0 Å². The van der Waals surface area contributed by atoms with E-state index in [2.05, 4.69) is 0 Å². The Morgan fingerprint density at radius 3 is 1.22 bits per heavy atom. The van der Waals surface area contributed by atoms with Crippen molar-refractivity contribution in [2.45, 2.75) is 41.7 Å². The second-order valence-electron chi connectivity index (χ2n) is 5.28. The molecule has 0 aliphatic carbocycles. The van der Waals surface area contributed by atoms with Gasteiger partial charge in [0.05, 0.1) is 5.50 Å². The highest BCUT2D eigenvalue weighted by Gasteiger charge is 2.47. The first-order valence-electron chi connectivity index (χ1n) is 5.39. The standard InChI is InChI=1S/C8H19Cl5O2Si3/c1-16(2,7(10)11)14-18(5,6-9)15-17(3,4)8(12)13/h7-8H,6H2,1-5H3. The Kier molecular flexibility index (Phi) is 8.16. The second-order valence-corrected chi connectivity index (χ2v) is 21.5. The molecule has 0 N–H and O–H groups in total. The summed E-state index contributed by atoms with van der Waals surface area (Å²) in [4.78, 5) is 0. The molecule has 0 fully saturated rings. The molecule has 0 radical (unpaired) electrons. The van der Waals surface area contributed by atoms with Gasteiger partial charge in [0.25, 0.3) is 0 Å². The van der Waals surface area contributed by atoms with Gasteiger partial charge in [0.15, 0.2) is 0 Å². The van der Waals surface area contributed by atoms with Crippen molar-refractivity contribution in [2.75, 3.05) is 5.50 Å². The third-order valence-electron chi connectivity index (χ3n) is 2.25. The molecule has 0 atom stereocenters. The van der Waals surface area contributed by atoms with Crippen molar-refractivity contribution < 1.29 is 8.23 Å². The number of hydrogen-bond acceptors (Lipinski definition) is 2.